The molecule has 0 unspecified atom stereocenters. The van der Waals surface area contributed by atoms with Crippen molar-refractivity contribution < 1.29 is 9.53 Å². The largest absolute Gasteiger partial charge is 0.372 e. The molecule has 0 aliphatic carbocycles. The third-order valence-electron chi connectivity index (χ3n) is 3.80. The first-order valence-corrected chi connectivity index (χ1v) is 7.61. The maximum Gasteiger partial charge on any atom is 0.250 e. The van der Waals surface area contributed by atoms with E-state index in [1.165, 1.54) is 18.5 Å². The van der Waals surface area contributed by atoms with Crippen molar-refractivity contribution in [2.24, 2.45) is 11.7 Å². The summed E-state index contributed by atoms with van der Waals surface area (Å²) in [6.07, 6.45) is 2.49. The summed E-state index contributed by atoms with van der Waals surface area (Å²) in [5.41, 5.74) is 7.32. The molecule has 3 N–H and O–H groups in total. The van der Waals surface area contributed by atoms with Crippen molar-refractivity contribution in [2.45, 2.75) is 19.8 Å². The summed E-state index contributed by atoms with van der Waals surface area (Å²) >= 11 is 0. The smallest absolute Gasteiger partial charge is 0.250 e. The van der Waals surface area contributed by atoms with Gasteiger partial charge in [-0.25, -0.2) is 0 Å². The molecule has 2 rings (SSSR count). The molecule has 1 heterocycles. The first kappa shape index (κ1) is 15.8. The number of amides is 1. The highest BCUT2D eigenvalue weighted by molar-refractivity contribution is 5.91. The van der Waals surface area contributed by atoms with Crippen LogP contribution in [0.25, 0.3) is 0 Å². The summed E-state index contributed by atoms with van der Waals surface area (Å²) in [5, 5.41) is 2.81. The lowest BCUT2D eigenvalue weighted by Gasteiger charge is -2.32. The van der Waals surface area contributed by atoms with E-state index in [0.29, 0.717) is 13.2 Å². The van der Waals surface area contributed by atoms with Crippen molar-refractivity contribution in [1.29, 1.82) is 0 Å². The third-order valence-corrected chi connectivity index (χ3v) is 3.80. The Kier molecular flexibility index (Phi) is 6.02. The van der Waals surface area contributed by atoms with Crippen molar-refractivity contribution in [3.05, 3.63) is 24.3 Å². The van der Waals surface area contributed by atoms with Gasteiger partial charge in [0.25, 0.3) is 0 Å². The van der Waals surface area contributed by atoms with Crippen LogP contribution < -0.4 is 16.0 Å². The minimum absolute atomic E-state index is 0.0446. The predicted octanol–water partition coefficient (Wildman–Crippen LogP) is 1.84. The Balaban J connectivity index is 1.83. The number of hydrogen-bond donors (Lipinski definition) is 2. The summed E-state index contributed by atoms with van der Waals surface area (Å²) in [4.78, 5) is 14.0. The molecule has 1 aromatic carbocycles. The first-order chi connectivity index (χ1) is 10.2. The number of piperidine rings is 1. The number of nitrogens with two attached hydrogens (primary N) is 1. The lowest BCUT2D eigenvalue weighted by Crippen LogP contribution is -2.32. The van der Waals surface area contributed by atoms with Gasteiger partial charge < -0.3 is 20.7 Å². The third kappa shape index (κ3) is 5.02. The van der Waals surface area contributed by atoms with Gasteiger partial charge in [-0.3, -0.25) is 4.79 Å². The molecule has 1 aliphatic heterocycles. The molecule has 1 aliphatic rings. The molecule has 21 heavy (non-hydrogen) atoms. The molecular weight excluding hydrogens is 266 g/mol. The van der Waals surface area contributed by atoms with Gasteiger partial charge in [-0.15, -0.1) is 0 Å². The fourth-order valence-electron chi connectivity index (χ4n) is 2.47. The SMILES string of the molecule is CC1CCN(c2ccc(NC(=O)COCCN)cc2)CC1. The van der Waals surface area contributed by atoms with Gasteiger partial charge in [0, 0.05) is 31.0 Å². The predicted molar refractivity (Wildman–Crippen MR) is 85.6 cm³/mol. The number of anilines is 2. The molecule has 1 saturated heterocycles. The summed E-state index contributed by atoms with van der Waals surface area (Å²) in [7, 11) is 0. The summed E-state index contributed by atoms with van der Waals surface area (Å²) in [5.74, 6) is 0.677. The second-order valence-corrected chi connectivity index (χ2v) is 5.61. The number of rotatable bonds is 6. The average Bonchev–Trinajstić information content (AvgIpc) is 2.49. The van der Waals surface area contributed by atoms with Crippen LogP contribution in [0.15, 0.2) is 24.3 Å². The van der Waals surface area contributed by atoms with E-state index in [1.807, 2.05) is 12.1 Å². The topological polar surface area (TPSA) is 67.6 Å². The van der Waals surface area contributed by atoms with E-state index in [-0.39, 0.29) is 12.5 Å². The van der Waals surface area contributed by atoms with Gasteiger partial charge in [0.1, 0.15) is 6.61 Å². The molecule has 1 fully saturated rings. The van der Waals surface area contributed by atoms with Crippen LogP contribution in [0.4, 0.5) is 11.4 Å². The number of carbonyl (C=O) groups is 1. The zero-order chi connectivity index (χ0) is 15.1. The van der Waals surface area contributed by atoms with Crippen molar-refractivity contribution in [3.8, 4) is 0 Å². The molecule has 0 spiro atoms. The second kappa shape index (κ2) is 8.00. The molecule has 1 amide bonds. The zero-order valence-corrected chi connectivity index (χ0v) is 12.7. The van der Waals surface area contributed by atoms with Crippen molar-refractivity contribution in [3.63, 3.8) is 0 Å². The summed E-state index contributed by atoms with van der Waals surface area (Å²) in [6.45, 7) is 5.40. The molecule has 0 aromatic heterocycles. The van der Waals surface area contributed by atoms with Crippen LogP contribution in [0.1, 0.15) is 19.8 Å². The molecular formula is C16H25N3O2. The number of carbonyl (C=O) groups excluding carboxylic acids is 1. The highest BCUT2D eigenvalue weighted by Gasteiger charge is 2.15. The lowest BCUT2D eigenvalue weighted by atomic mass is 9.99. The Labute approximate surface area is 126 Å². The number of nitrogens with one attached hydrogen (secondary N) is 1. The standard InChI is InChI=1S/C16H25N3O2/c1-13-6-9-19(10-7-13)15-4-2-14(3-5-15)18-16(20)12-21-11-8-17/h2-5,13H,6-12,17H2,1H3,(H,18,20). The average molecular weight is 291 g/mol. The van der Waals surface area contributed by atoms with Crippen LogP contribution in [0.3, 0.4) is 0 Å². The minimum atomic E-state index is -0.150. The number of ether oxygens (including phenoxy) is 1. The van der Waals surface area contributed by atoms with Gasteiger partial charge in [0.2, 0.25) is 5.91 Å². The normalized spacial score (nSPS) is 16.0. The summed E-state index contributed by atoms with van der Waals surface area (Å²) in [6, 6.07) is 8.00. The van der Waals surface area contributed by atoms with Gasteiger partial charge in [-0.1, -0.05) is 6.92 Å². The van der Waals surface area contributed by atoms with Gasteiger partial charge in [-0.2, -0.15) is 0 Å². The molecule has 0 bridgehead atoms. The highest BCUT2D eigenvalue weighted by atomic mass is 16.5. The van der Waals surface area contributed by atoms with Gasteiger partial charge in [0.15, 0.2) is 0 Å². The van der Waals surface area contributed by atoms with E-state index >= 15 is 0 Å². The van der Waals surface area contributed by atoms with E-state index in [9.17, 15) is 4.79 Å². The van der Waals surface area contributed by atoms with E-state index in [1.54, 1.807) is 0 Å². The van der Waals surface area contributed by atoms with Gasteiger partial charge in [-0.05, 0) is 43.0 Å². The van der Waals surface area contributed by atoms with Gasteiger partial charge >= 0.3 is 0 Å². The number of hydrogen-bond acceptors (Lipinski definition) is 4. The zero-order valence-electron chi connectivity index (χ0n) is 12.7. The highest BCUT2D eigenvalue weighted by Crippen LogP contribution is 2.24. The van der Waals surface area contributed by atoms with Crippen molar-refractivity contribution >= 4 is 17.3 Å². The molecule has 116 valence electrons. The molecule has 0 radical (unpaired) electrons. The molecule has 1 aromatic rings. The first-order valence-electron chi connectivity index (χ1n) is 7.61. The molecule has 0 atom stereocenters. The summed E-state index contributed by atoms with van der Waals surface area (Å²) < 4.78 is 5.10. The maximum absolute atomic E-state index is 11.6. The Morgan fingerprint density at radius 2 is 2.00 bits per heavy atom. The monoisotopic (exact) mass is 291 g/mol. The number of nitrogens with zero attached hydrogens (tertiary/aromatic N) is 1. The minimum Gasteiger partial charge on any atom is -0.372 e. The Hall–Kier alpha value is -1.59. The van der Waals surface area contributed by atoms with E-state index in [4.69, 9.17) is 10.5 Å². The Morgan fingerprint density at radius 3 is 2.62 bits per heavy atom. The van der Waals surface area contributed by atoms with Crippen LogP contribution in [0.5, 0.6) is 0 Å². The van der Waals surface area contributed by atoms with Crippen LogP contribution >= 0.6 is 0 Å². The van der Waals surface area contributed by atoms with Crippen LogP contribution in [-0.2, 0) is 9.53 Å². The quantitative estimate of drug-likeness (QED) is 0.785. The maximum atomic E-state index is 11.6. The fourth-order valence-corrected chi connectivity index (χ4v) is 2.47. The lowest BCUT2D eigenvalue weighted by molar-refractivity contribution is -0.120. The molecule has 0 saturated carbocycles. The fraction of sp³-hybridized carbons (Fsp3) is 0.562. The van der Waals surface area contributed by atoms with Crippen LogP contribution in [0, 0.1) is 5.92 Å². The van der Waals surface area contributed by atoms with Crippen LogP contribution in [-0.4, -0.2) is 38.8 Å². The van der Waals surface area contributed by atoms with Crippen molar-refractivity contribution in [1.82, 2.24) is 0 Å². The van der Waals surface area contributed by atoms with Gasteiger partial charge in [0.05, 0.1) is 6.61 Å². The molecule has 5 heteroatoms. The Morgan fingerprint density at radius 1 is 1.33 bits per heavy atom. The van der Waals surface area contributed by atoms with E-state index < -0.39 is 0 Å². The van der Waals surface area contributed by atoms with E-state index in [2.05, 4.69) is 29.3 Å². The second-order valence-electron chi connectivity index (χ2n) is 5.61. The van der Waals surface area contributed by atoms with Crippen LogP contribution in [0.2, 0.25) is 0 Å². The van der Waals surface area contributed by atoms with Crippen molar-refractivity contribution in [2.75, 3.05) is 43.1 Å². The number of benzene rings is 1. The molecule has 5 nitrogen and oxygen atoms in total. The Bertz CT molecular complexity index is 439. The van der Waals surface area contributed by atoms with E-state index in [0.717, 1.165) is 24.7 Å².